The maximum absolute atomic E-state index is 10.6. The van der Waals surface area contributed by atoms with Gasteiger partial charge in [0.25, 0.3) is 0 Å². The van der Waals surface area contributed by atoms with Crippen LogP contribution >= 0.6 is 0 Å². The summed E-state index contributed by atoms with van der Waals surface area (Å²) < 4.78 is 31.7. The number of aliphatic carboxylic acids is 1. The Morgan fingerprint density at radius 1 is 1.29 bits per heavy atom. The molecule has 0 amide bonds. The summed E-state index contributed by atoms with van der Waals surface area (Å²) in [7, 11) is 0. The maximum Gasteiger partial charge on any atom is 0.490 e. The third kappa shape index (κ3) is 13.7. The molecule has 3 N–H and O–H groups in total. The number of halogens is 3. The van der Waals surface area contributed by atoms with Crippen LogP contribution in [0, 0.1) is 0 Å². The van der Waals surface area contributed by atoms with E-state index in [0.717, 1.165) is 0 Å². The van der Waals surface area contributed by atoms with E-state index in [1.54, 1.807) is 13.8 Å². The van der Waals surface area contributed by atoms with E-state index in [9.17, 15) is 13.2 Å². The van der Waals surface area contributed by atoms with Crippen molar-refractivity contribution in [2.24, 2.45) is 0 Å². The molecule has 4 nitrogen and oxygen atoms in total. The minimum atomic E-state index is -5.08. The molecule has 0 aliphatic heterocycles. The number of carboxylic acids is 1. The molecule has 0 atom stereocenters. The van der Waals surface area contributed by atoms with E-state index in [1.165, 1.54) is 0 Å². The zero-order valence-corrected chi connectivity index (χ0v) is 7.80. The third-order valence-electron chi connectivity index (χ3n) is 0.966. The molecule has 0 radical (unpaired) electrons. The summed E-state index contributed by atoms with van der Waals surface area (Å²) in [6.07, 6.45) is -4.63. The SMILES string of the molecule is CC(C)(O)CCO.O=C(O)C(F)(F)F. The highest BCUT2D eigenvalue weighted by atomic mass is 19.4. The van der Waals surface area contributed by atoms with E-state index >= 15 is 0 Å². The number of rotatable bonds is 2. The fraction of sp³-hybridized carbons (Fsp3) is 0.857. The van der Waals surface area contributed by atoms with Crippen molar-refractivity contribution >= 4 is 5.97 Å². The van der Waals surface area contributed by atoms with Crippen molar-refractivity contribution in [2.45, 2.75) is 32.0 Å². The van der Waals surface area contributed by atoms with Crippen LogP contribution in [-0.2, 0) is 4.79 Å². The second-order valence-corrected chi connectivity index (χ2v) is 3.09. The number of alkyl halides is 3. The first-order chi connectivity index (χ1) is 6.00. The lowest BCUT2D eigenvalue weighted by Crippen LogP contribution is -2.21. The molecule has 0 heterocycles. The van der Waals surface area contributed by atoms with Gasteiger partial charge in [0.05, 0.1) is 5.60 Å². The van der Waals surface area contributed by atoms with Gasteiger partial charge in [0.15, 0.2) is 0 Å². The summed E-state index contributed by atoms with van der Waals surface area (Å²) in [4.78, 5) is 8.90. The molecule has 0 spiro atoms. The van der Waals surface area contributed by atoms with Crippen LogP contribution in [0.15, 0.2) is 0 Å². The van der Waals surface area contributed by atoms with Gasteiger partial charge in [-0.1, -0.05) is 0 Å². The van der Waals surface area contributed by atoms with Crippen LogP contribution in [0.2, 0.25) is 0 Å². The molecule has 0 unspecified atom stereocenters. The number of carbonyl (C=O) groups is 1. The Kier molecular flexibility index (Phi) is 6.50. The molecule has 0 aromatic rings. The Hall–Kier alpha value is -0.820. The fourth-order valence-corrected chi connectivity index (χ4v) is 0.274. The van der Waals surface area contributed by atoms with Crippen molar-refractivity contribution < 1.29 is 33.3 Å². The summed E-state index contributed by atoms with van der Waals surface area (Å²) in [5.74, 6) is -2.76. The highest BCUT2D eigenvalue weighted by molar-refractivity contribution is 5.73. The summed E-state index contributed by atoms with van der Waals surface area (Å²) in [5, 5.41) is 24.2. The summed E-state index contributed by atoms with van der Waals surface area (Å²) in [6.45, 7) is 3.40. The number of aliphatic hydroxyl groups excluding tert-OH is 1. The van der Waals surface area contributed by atoms with E-state index in [2.05, 4.69) is 0 Å². The number of aliphatic hydroxyl groups is 2. The van der Waals surface area contributed by atoms with Crippen LogP contribution in [0.1, 0.15) is 20.3 Å². The van der Waals surface area contributed by atoms with Crippen molar-refractivity contribution in [3.63, 3.8) is 0 Å². The average molecular weight is 218 g/mol. The lowest BCUT2D eigenvalue weighted by molar-refractivity contribution is -0.192. The predicted octanol–water partition coefficient (Wildman–Crippen LogP) is 0.773. The Bertz CT molecular complexity index is 171. The van der Waals surface area contributed by atoms with Gasteiger partial charge in [-0.25, -0.2) is 4.79 Å². The van der Waals surface area contributed by atoms with Gasteiger partial charge in [-0.2, -0.15) is 13.2 Å². The molecule has 0 aromatic carbocycles. The Morgan fingerprint density at radius 2 is 1.57 bits per heavy atom. The van der Waals surface area contributed by atoms with E-state index in [0.29, 0.717) is 6.42 Å². The van der Waals surface area contributed by atoms with Gasteiger partial charge in [0, 0.05) is 6.61 Å². The number of hydrogen-bond acceptors (Lipinski definition) is 3. The largest absolute Gasteiger partial charge is 0.490 e. The van der Waals surface area contributed by atoms with Gasteiger partial charge in [-0.05, 0) is 20.3 Å². The molecule has 7 heteroatoms. The lowest BCUT2D eigenvalue weighted by Gasteiger charge is -2.13. The smallest absolute Gasteiger partial charge is 0.475 e. The minimum absolute atomic E-state index is 0.0590. The van der Waals surface area contributed by atoms with E-state index in [-0.39, 0.29) is 6.61 Å². The van der Waals surface area contributed by atoms with Crippen molar-refractivity contribution in [2.75, 3.05) is 6.61 Å². The zero-order chi connectivity index (χ0) is 12.0. The molecule has 0 aromatic heterocycles. The molecule has 0 fully saturated rings. The minimum Gasteiger partial charge on any atom is -0.475 e. The second kappa shape index (κ2) is 5.82. The molecular weight excluding hydrogens is 205 g/mol. The van der Waals surface area contributed by atoms with Crippen molar-refractivity contribution in [1.29, 1.82) is 0 Å². The summed E-state index contributed by atoms with van der Waals surface area (Å²) >= 11 is 0. The molecule has 0 saturated heterocycles. The molecular formula is C7H13F3O4. The van der Waals surface area contributed by atoms with Crippen LogP contribution in [0.25, 0.3) is 0 Å². The molecule has 14 heavy (non-hydrogen) atoms. The molecule has 0 saturated carbocycles. The van der Waals surface area contributed by atoms with Crippen LogP contribution in [0.4, 0.5) is 13.2 Å². The molecule has 0 aliphatic rings. The molecule has 0 bridgehead atoms. The number of carboxylic acid groups (broad SMARTS) is 1. The van der Waals surface area contributed by atoms with Crippen molar-refractivity contribution in [3.05, 3.63) is 0 Å². The predicted molar refractivity (Wildman–Crippen MR) is 41.7 cm³/mol. The zero-order valence-electron chi connectivity index (χ0n) is 7.80. The second-order valence-electron chi connectivity index (χ2n) is 3.09. The summed E-state index contributed by atoms with van der Waals surface area (Å²) in [6, 6.07) is 0. The maximum atomic E-state index is 10.6. The Labute approximate surface area is 79.0 Å². The van der Waals surface area contributed by atoms with Gasteiger partial charge in [-0.15, -0.1) is 0 Å². The van der Waals surface area contributed by atoms with E-state index in [4.69, 9.17) is 20.1 Å². The van der Waals surface area contributed by atoms with Crippen LogP contribution in [0.5, 0.6) is 0 Å². The first-order valence-electron chi connectivity index (χ1n) is 3.64. The lowest BCUT2D eigenvalue weighted by atomic mass is 10.1. The fourth-order valence-electron chi connectivity index (χ4n) is 0.274. The molecule has 0 aliphatic carbocycles. The standard InChI is InChI=1S/C5H12O2.C2HF3O2/c1-5(2,7)3-4-6;3-2(4,5)1(6)7/h6-7H,3-4H2,1-2H3;(H,6,7). The third-order valence-corrected chi connectivity index (χ3v) is 0.966. The number of hydrogen-bond donors (Lipinski definition) is 3. The van der Waals surface area contributed by atoms with Gasteiger partial charge in [-0.3, -0.25) is 0 Å². The molecule has 0 rings (SSSR count). The van der Waals surface area contributed by atoms with Gasteiger partial charge < -0.3 is 15.3 Å². The normalized spacial score (nSPS) is 11.6. The quantitative estimate of drug-likeness (QED) is 0.639. The van der Waals surface area contributed by atoms with E-state index < -0.39 is 17.7 Å². The average Bonchev–Trinajstić information content (AvgIpc) is 1.82. The van der Waals surface area contributed by atoms with Crippen LogP contribution in [-0.4, -0.2) is 39.7 Å². The van der Waals surface area contributed by atoms with Crippen molar-refractivity contribution in [3.8, 4) is 0 Å². The highest BCUT2D eigenvalue weighted by Gasteiger charge is 2.38. The van der Waals surface area contributed by atoms with Gasteiger partial charge in [0.1, 0.15) is 0 Å². The van der Waals surface area contributed by atoms with Crippen molar-refractivity contribution in [1.82, 2.24) is 0 Å². The monoisotopic (exact) mass is 218 g/mol. The Morgan fingerprint density at radius 3 is 1.57 bits per heavy atom. The van der Waals surface area contributed by atoms with Gasteiger partial charge in [0.2, 0.25) is 0 Å². The Balaban J connectivity index is 0. The van der Waals surface area contributed by atoms with Crippen LogP contribution in [0.3, 0.4) is 0 Å². The first-order valence-corrected chi connectivity index (χ1v) is 3.64. The highest BCUT2D eigenvalue weighted by Crippen LogP contribution is 2.13. The van der Waals surface area contributed by atoms with E-state index in [1.807, 2.05) is 0 Å². The van der Waals surface area contributed by atoms with Gasteiger partial charge >= 0.3 is 12.1 Å². The summed E-state index contributed by atoms with van der Waals surface area (Å²) in [5.41, 5.74) is -0.700. The topological polar surface area (TPSA) is 77.8 Å². The molecule has 86 valence electrons. The van der Waals surface area contributed by atoms with Crippen LogP contribution < -0.4 is 0 Å². The first kappa shape index (κ1) is 15.6.